The average molecular weight is 364 g/mol. The van der Waals surface area contributed by atoms with Gasteiger partial charge in [0.25, 0.3) is 0 Å². The minimum Gasteiger partial charge on any atom is -0.497 e. The summed E-state index contributed by atoms with van der Waals surface area (Å²) in [5.74, 6) is 1.27. The van der Waals surface area contributed by atoms with Crippen LogP contribution < -0.4 is 15.4 Å². The van der Waals surface area contributed by atoms with Gasteiger partial charge in [0.1, 0.15) is 11.6 Å². The second-order valence-electron chi connectivity index (χ2n) is 6.47. The molecule has 0 radical (unpaired) electrons. The molecule has 6 nitrogen and oxygen atoms in total. The molecule has 0 aliphatic carbocycles. The fourth-order valence-electron chi connectivity index (χ4n) is 2.62. The van der Waals surface area contributed by atoms with Crippen LogP contribution >= 0.6 is 0 Å². The summed E-state index contributed by atoms with van der Waals surface area (Å²) < 4.78 is 6.95. The molecule has 2 N–H and O–H groups in total. The van der Waals surface area contributed by atoms with Crippen molar-refractivity contribution in [2.24, 2.45) is 0 Å². The molecular formula is C21H24N4O2. The molecule has 0 saturated carbocycles. The predicted octanol–water partition coefficient (Wildman–Crippen LogP) is 3.48. The summed E-state index contributed by atoms with van der Waals surface area (Å²) in [6, 6.07) is 19.5. The normalized spacial score (nSPS) is 10.8. The van der Waals surface area contributed by atoms with E-state index < -0.39 is 0 Å². The Bertz CT molecular complexity index is 886. The summed E-state index contributed by atoms with van der Waals surface area (Å²) in [6.45, 7) is 4.25. The SMILES string of the molecule is COc1ccc(-n2nc(-c3ccccc3)cc2NC(=O)CNC(C)C)cc1. The number of carbonyl (C=O) groups excluding carboxylic acids is 1. The summed E-state index contributed by atoms with van der Waals surface area (Å²) in [6.07, 6.45) is 0. The Hall–Kier alpha value is -3.12. The van der Waals surface area contributed by atoms with Crippen LogP contribution in [0.3, 0.4) is 0 Å². The zero-order valence-electron chi connectivity index (χ0n) is 15.8. The maximum atomic E-state index is 12.3. The van der Waals surface area contributed by atoms with Gasteiger partial charge in [0.15, 0.2) is 0 Å². The molecule has 0 aliphatic rings. The highest BCUT2D eigenvalue weighted by atomic mass is 16.5. The number of carbonyl (C=O) groups is 1. The van der Waals surface area contributed by atoms with Crippen LogP contribution in [0.15, 0.2) is 60.7 Å². The number of ether oxygens (including phenoxy) is 1. The number of benzene rings is 2. The first-order valence-corrected chi connectivity index (χ1v) is 8.90. The Labute approximate surface area is 159 Å². The quantitative estimate of drug-likeness (QED) is 0.673. The molecule has 0 unspecified atom stereocenters. The first-order valence-electron chi connectivity index (χ1n) is 8.90. The van der Waals surface area contributed by atoms with E-state index in [9.17, 15) is 4.79 Å². The molecule has 6 heteroatoms. The molecule has 3 rings (SSSR count). The third kappa shape index (κ3) is 4.74. The molecule has 3 aromatic rings. The van der Waals surface area contributed by atoms with Crippen LogP contribution in [0, 0.1) is 0 Å². The van der Waals surface area contributed by atoms with E-state index >= 15 is 0 Å². The minimum atomic E-state index is -0.113. The van der Waals surface area contributed by atoms with Crippen molar-refractivity contribution < 1.29 is 9.53 Å². The Morgan fingerprint density at radius 2 is 1.81 bits per heavy atom. The fraction of sp³-hybridized carbons (Fsp3) is 0.238. The van der Waals surface area contributed by atoms with Crippen molar-refractivity contribution >= 4 is 11.7 Å². The van der Waals surface area contributed by atoms with Gasteiger partial charge in [-0.2, -0.15) is 5.10 Å². The van der Waals surface area contributed by atoms with Crippen molar-refractivity contribution in [1.29, 1.82) is 0 Å². The van der Waals surface area contributed by atoms with E-state index in [4.69, 9.17) is 9.84 Å². The monoisotopic (exact) mass is 364 g/mol. The maximum Gasteiger partial charge on any atom is 0.239 e. The van der Waals surface area contributed by atoms with E-state index in [-0.39, 0.29) is 18.5 Å². The van der Waals surface area contributed by atoms with Gasteiger partial charge in [-0.15, -0.1) is 0 Å². The van der Waals surface area contributed by atoms with Crippen LogP contribution in [-0.4, -0.2) is 35.4 Å². The Balaban J connectivity index is 1.93. The fourth-order valence-corrected chi connectivity index (χ4v) is 2.62. The van der Waals surface area contributed by atoms with E-state index in [1.807, 2.05) is 74.5 Å². The molecule has 2 aromatic carbocycles. The highest BCUT2D eigenvalue weighted by Gasteiger charge is 2.14. The maximum absolute atomic E-state index is 12.3. The number of nitrogens with zero attached hydrogens (tertiary/aromatic N) is 2. The van der Waals surface area contributed by atoms with Crippen molar-refractivity contribution in [2.75, 3.05) is 19.0 Å². The van der Waals surface area contributed by atoms with Crippen LogP contribution in [-0.2, 0) is 4.79 Å². The van der Waals surface area contributed by atoms with Gasteiger partial charge in [-0.05, 0) is 24.3 Å². The highest BCUT2D eigenvalue weighted by Crippen LogP contribution is 2.25. The van der Waals surface area contributed by atoms with E-state index in [2.05, 4.69) is 10.6 Å². The topological polar surface area (TPSA) is 68.2 Å². The molecular weight excluding hydrogens is 340 g/mol. The van der Waals surface area contributed by atoms with E-state index in [1.165, 1.54) is 0 Å². The van der Waals surface area contributed by atoms with Gasteiger partial charge in [0.05, 0.1) is 25.0 Å². The van der Waals surface area contributed by atoms with Crippen LogP contribution in [0.2, 0.25) is 0 Å². The largest absolute Gasteiger partial charge is 0.497 e. The van der Waals surface area contributed by atoms with Crippen molar-refractivity contribution in [1.82, 2.24) is 15.1 Å². The average Bonchev–Trinajstić information content (AvgIpc) is 3.11. The van der Waals surface area contributed by atoms with Crippen LogP contribution in [0.25, 0.3) is 16.9 Å². The molecule has 0 bridgehead atoms. The zero-order valence-corrected chi connectivity index (χ0v) is 15.8. The second kappa shape index (κ2) is 8.51. The number of hydrogen-bond donors (Lipinski definition) is 2. The van der Waals surface area contributed by atoms with Crippen LogP contribution in [0.4, 0.5) is 5.82 Å². The minimum absolute atomic E-state index is 0.113. The Morgan fingerprint density at radius 1 is 1.11 bits per heavy atom. The number of methoxy groups -OCH3 is 1. The third-order valence-corrected chi connectivity index (χ3v) is 4.03. The first-order chi connectivity index (χ1) is 13.1. The third-order valence-electron chi connectivity index (χ3n) is 4.03. The first kappa shape index (κ1) is 18.7. The van der Waals surface area contributed by atoms with E-state index in [0.29, 0.717) is 5.82 Å². The Kier molecular flexibility index (Phi) is 5.88. The molecule has 1 heterocycles. The van der Waals surface area contributed by atoms with Gasteiger partial charge in [-0.3, -0.25) is 4.79 Å². The molecule has 27 heavy (non-hydrogen) atoms. The van der Waals surface area contributed by atoms with Crippen LogP contribution in [0.5, 0.6) is 5.75 Å². The second-order valence-corrected chi connectivity index (χ2v) is 6.47. The predicted molar refractivity (Wildman–Crippen MR) is 107 cm³/mol. The molecule has 140 valence electrons. The molecule has 1 aromatic heterocycles. The molecule has 0 aliphatic heterocycles. The molecule has 0 atom stereocenters. The number of hydrogen-bond acceptors (Lipinski definition) is 4. The van der Waals surface area contributed by atoms with Gasteiger partial charge < -0.3 is 15.4 Å². The lowest BCUT2D eigenvalue weighted by molar-refractivity contribution is -0.115. The number of nitrogens with one attached hydrogen (secondary N) is 2. The van der Waals surface area contributed by atoms with Crippen LogP contribution in [0.1, 0.15) is 13.8 Å². The van der Waals surface area contributed by atoms with E-state index in [1.54, 1.807) is 11.8 Å². The van der Waals surface area contributed by atoms with Crippen molar-refractivity contribution in [3.63, 3.8) is 0 Å². The van der Waals surface area contributed by atoms with Gasteiger partial charge in [-0.25, -0.2) is 4.68 Å². The van der Waals surface area contributed by atoms with Crippen molar-refractivity contribution in [3.8, 4) is 22.7 Å². The zero-order chi connectivity index (χ0) is 19.2. The summed E-state index contributed by atoms with van der Waals surface area (Å²) >= 11 is 0. The lowest BCUT2D eigenvalue weighted by Gasteiger charge is -2.11. The number of aromatic nitrogens is 2. The molecule has 0 spiro atoms. The summed E-state index contributed by atoms with van der Waals surface area (Å²) in [4.78, 5) is 12.3. The molecule has 0 fully saturated rings. The van der Waals surface area contributed by atoms with Crippen molar-refractivity contribution in [2.45, 2.75) is 19.9 Å². The lowest BCUT2D eigenvalue weighted by atomic mass is 10.2. The summed E-state index contributed by atoms with van der Waals surface area (Å²) in [5, 5.41) is 10.8. The Morgan fingerprint density at radius 3 is 2.44 bits per heavy atom. The standard InChI is InChI=1S/C21H24N4O2/c1-15(2)22-14-21(26)23-20-13-19(16-7-5-4-6-8-16)24-25(20)17-9-11-18(27-3)12-10-17/h4-13,15,22H,14H2,1-3H3,(H,23,26). The lowest BCUT2D eigenvalue weighted by Crippen LogP contribution is -2.33. The summed E-state index contributed by atoms with van der Waals surface area (Å²) in [7, 11) is 1.63. The van der Waals surface area contributed by atoms with Gasteiger partial charge >= 0.3 is 0 Å². The van der Waals surface area contributed by atoms with E-state index in [0.717, 1.165) is 22.7 Å². The smallest absolute Gasteiger partial charge is 0.239 e. The molecule has 1 amide bonds. The number of rotatable bonds is 7. The van der Waals surface area contributed by atoms with Gasteiger partial charge in [0, 0.05) is 17.7 Å². The van der Waals surface area contributed by atoms with Gasteiger partial charge in [0.2, 0.25) is 5.91 Å². The van der Waals surface area contributed by atoms with Crippen molar-refractivity contribution in [3.05, 3.63) is 60.7 Å². The summed E-state index contributed by atoms with van der Waals surface area (Å²) in [5.41, 5.74) is 2.62. The number of anilines is 1. The number of amides is 1. The van der Waals surface area contributed by atoms with Gasteiger partial charge in [-0.1, -0.05) is 44.2 Å². The molecule has 0 saturated heterocycles. The highest BCUT2D eigenvalue weighted by molar-refractivity contribution is 5.92.